The van der Waals surface area contributed by atoms with Gasteiger partial charge in [-0.15, -0.1) is 0 Å². The Labute approximate surface area is 107 Å². The van der Waals surface area contributed by atoms with Crippen molar-refractivity contribution in [3.63, 3.8) is 0 Å². The van der Waals surface area contributed by atoms with Gasteiger partial charge >= 0.3 is 57.4 Å². The average molecular weight is 179 g/mol. The van der Waals surface area contributed by atoms with Crippen molar-refractivity contribution in [1.29, 1.82) is 0 Å². The molecule has 0 amide bonds. The fraction of sp³-hybridized carbons (Fsp3) is 0.333. The van der Waals surface area contributed by atoms with Crippen LogP contribution in [0, 0.1) is 6.57 Å². The van der Waals surface area contributed by atoms with Crippen LogP contribution >= 0.6 is 0 Å². The van der Waals surface area contributed by atoms with Crippen molar-refractivity contribution < 1.29 is 66.0 Å². The Morgan fingerprint density at radius 2 is 2.36 bits per heavy atom. The molecule has 0 atom stereocenters. The van der Waals surface area contributed by atoms with E-state index < -0.39 is 11.7 Å². The van der Waals surface area contributed by atoms with Gasteiger partial charge in [0.05, 0.1) is 13.2 Å². The van der Waals surface area contributed by atoms with E-state index in [0.29, 0.717) is 6.20 Å². The molecule has 0 aromatic heterocycles. The van der Waals surface area contributed by atoms with E-state index in [1.54, 1.807) is 6.92 Å². The smallest absolute Gasteiger partial charge is 0.877 e. The van der Waals surface area contributed by atoms with E-state index in [1.165, 1.54) is 0 Å². The molecule has 0 N–H and O–H groups in total. The van der Waals surface area contributed by atoms with Gasteiger partial charge in [0.15, 0.2) is 6.20 Å². The largest absolute Gasteiger partial charge is 1.00 e. The molecule has 0 aliphatic carbocycles. The van der Waals surface area contributed by atoms with Crippen molar-refractivity contribution >= 4 is 5.97 Å². The van der Waals surface area contributed by atoms with Gasteiger partial charge in [-0.05, 0) is 12.7 Å². The molecule has 0 saturated heterocycles. The molecular formula is C6H6KNO3. The van der Waals surface area contributed by atoms with Crippen molar-refractivity contribution in [2.45, 2.75) is 6.92 Å². The van der Waals surface area contributed by atoms with Crippen LogP contribution in [0.1, 0.15) is 6.92 Å². The standard InChI is InChI=1S/C6H7NO3.K/c1-3-10-6(9)5(8)4-7-2;/h4,8H,3H2,1H3;/q;+1/p-1/b5-4-;. The molecule has 11 heavy (non-hydrogen) atoms. The second kappa shape index (κ2) is 8.24. The number of rotatable bonds is 2. The Hall–Kier alpha value is 0.136. The third-order valence-corrected chi connectivity index (χ3v) is 0.658. The van der Waals surface area contributed by atoms with Gasteiger partial charge in [0.25, 0.3) is 0 Å². The number of esters is 1. The minimum atomic E-state index is -0.974. The number of hydrogen-bond donors (Lipinski definition) is 0. The van der Waals surface area contributed by atoms with E-state index in [2.05, 4.69) is 9.58 Å². The summed E-state index contributed by atoms with van der Waals surface area (Å²) in [6, 6.07) is 0. The monoisotopic (exact) mass is 179 g/mol. The fourth-order valence-corrected chi connectivity index (χ4v) is 0.314. The Balaban J connectivity index is 0. The molecule has 0 spiro atoms. The summed E-state index contributed by atoms with van der Waals surface area (Å²) in [4.78, 5) is 13.0. The first-order chi connectivity index (χ1) is 4.72. The molecule has 0 aliphatic heterocycles. The minimum Gasteiger partial charge on any atom is -0.877 e. The van der Waals surface area contributed by atoms with Crippen molar-refractivity contribution in [3.8, 4) is 0 Å². The average Bonchev–Trinajstić information content (AvgIpc) is 1.89. The molecule has 0 saturated carbocycles. The van der Waals surface area contributed by atoms with Crippen molar-refractivity contribution in [2.24, 2.45) is 0 Å². The first-order valence-corrected chi connectivity index (χ1v) is 2.63. The summed E-state index contributed by atoms with van der Waals surface area (Å²) in [6.45, 7) is 7.93. The predicted molar refractivity (Wildman–Crippen MR) is 31.3 cm³/mol. The second-order valence-corrected chi connectivity index (χ2v) is 1.34. The third-order valence-electron chi connectivity index (χ3n) is 0.658. The van der Waals surface area contributed by atoms with Gasteiger partial charge in [0, 0.05) is 0 Å². The zero-order chi connectivity index (χ0) is 7.98. The van der Waals surface area contributed by atoms with Crippen LogP contribution in [0.4, 0.5) is 0 Å². The number of ether oxygens (including phenoxy) is 1. The molecule has 0 fully saturated rings. The number of nitrogens with zero attached hydrogens (tertiary/aromatic N) is 1. The molecular weight excluding hydrogens is 173 g/mol. The van der Waals surface area contributed by atoms with Gasteiger partial charge in [-0.25, -0.2) is 9.64 Å². The van der Waals surface area contributed by atoms with E-state index in [9.17, 15) is 9.90 Å². The molecule has 5 heteroatoms. The summed E-state index contributed by atoms with van der Waals surface area (Å²) >= 11 is 0. The summed E-state index contributed by atoms with van der Waals surface area (Å²) in [7, 11) is 0. The van der Waals surface area contributed by atoms with Gasteiger partial charge in [-0.3, -0.25) is 0 Å². The first kappa shape index (κ1) is 13.7. The fourth-order valence-electron chi connectivity index (χ4n) is 0.314. The van der Waals surface area contributed by atoms with Crippen LogP contribution in [0.5, 0.6) is 0 Å². The number of carbonyl (C=O) groups is 1. The Bertz CT molecular complexity index is 194. The van der Waals surface area contributed by atoms with Gasteiger partial charge < -0.3 is 9.84 Å². The zero-order valence-electron chi connectivity index (χ0n) is 6.46. The van der Waals surface area contributed by atoms with Crippen LogP contribution in [-0.2, 0) is 9.53 Å². The summed E-state index contributed by atoms with van der Waals surface area (Å²) in [5.41, 5.74) is 0. The molecule has 0 rings (SSSR count). The number of hydrogen-bond acceptors (Lipinski definition) is 3. The number of carbonyl (C=O) groups excluding carboxylic acids is 1. The normalized spacial score (nSPS) is 9.27. The molecule has 0 radical (unpaired) electrons. The molecule has 0 bridgehead atoms. The second-order valence-electron chi connectivity index (χ2n) is 1.34. The van der Waals surface area contributed by atoms with Gasteiger partial charge in [-0.1, -0.05) is 0 Å². The van der Waals surface area contributed by atoms with Gasteiger partial charge in [0.2, 0.25) is 0 Å². The van der Waals surface area contributed by atoms with Crippen molar-refractivity contribution in [3.05, 3.63) is 23.4 Å². The molecule has 0 heterocycles. The molecule has 0 unspecified atom stereocenters. The molecule has 0 aliphatic rings. The summed E-state index contributed by atoms with van der Waals surface area (Å²) in [5, 5.41) is 10.4. The van der Waals surface area contributed by atoms with E-state index in [4.69, 9.17) is 6.57 Å². The molecule has 4 nitrogen and oxygen atoms in total. The maximum Gasteiger partial charge on any atom is 1.00 e. The van der Waals surface area contributed by atoms with Crippen molar-refractivity contribution in [2.75, 3.05) is 6.61 Å². The van der Waals surface area contributed by atoms with E-state index in [0.717, 1.165) is 0 Å². The Morgan fingerprint density at radius 3 is 2.73 bits per heavy atom. The van der Waals surface area contributed by atoms with E-state index in [1.807, 2.05) is 0 Å². The summed E-state index contributed by atoms with van der Waals surface area (Å²) in [5.74, 6) is -1.88. The predicted octanol–water partition coefficient (Wildman–Crippen LogP) is -3.33. The summed E-state index contributed by atoms with van der Waals surface area (Å²) < 4.78 is 4.29. The van der Waals surface area contributed by atoms with Gasteiger partial charge in [0.1, 0.15) is 0 Å². The van der Waals surface area contributed by atoms with Crippen LogP contribution in [0.15, 0.2) is 12.0 Å². The van der Waals surface area contributed by atoms with Crippen LogP contribution in [0.2, 0.25) is 0 Å². The van der Waals surface area contributed by atoms with E-state index >= 15 is 0 Å². The van der Waals surface area contributed by atoms with Gasteiger partial charge in [-0.2, -0.15) is 0 Å². The van der Waals surface area contributed by atoms with E-state index in [-0.39, 0.29) is 58.0 Å². The molecule has 0 aromatic carbocycles. The van der Waals surface area contributed by atoms with Crippen LogP contribution in [-0.4, -0.2) is 12.6 Å². The third kappa shape index (κ3) is 6.53. The SMILES string of the molecule is [C-]#[N+]/C=C(\[O-])C(=O)OCC.[K+]. The maximum absolute atomic E-state index is 10.4. The topological polar surface area (TPSA) is 53.7 Å². The van der Waals surface area contributed by atoms with Crippen LogP contribution in [0.3, 0.4) is 0 Å². The minimum absolute atomic E-state index is 0. The summed E-state index contributed by atoms with van der Waals surface area (Å²) in [6.07, 6.45) is 0.595. The zero-order valence-corrected chi connectivity index (χ0v) is 9.58. The molecule has 0 aromatic rings. The Kier molecular flexibility index (Phi) is 10.3. The van der Waals surface area contributed by atoms with Crippen LogP contribution < -0.4 is 56.5 Å². The first-order valence-electron chi connectivity index (χ1n) is 2.63. The van der Waals surface area contributed by atoms with Crippen molar-refractivity contribution in [1.82, 2.24) is 0 Å². The molecule has 54 valence electrons. The Morgan fingerprint density at radius 1 is 1.82 bits per heavy atom. The maximum atomic E-state index is 10.4. The van der Waals surface area contributed by atoms with Crippen LogP contribution in [0.25, 0.3) is 4.85 Å². The quantitative estimate of drug-likeness (QED) is 0.146.